The molecule has 0 amide bonds. The van der Waals surface area contributed by atoms with Crippen LogP contribution < -0.4 is 0 Å². The number of carboxylic acid groups (broad SMARTS) is 2. The molecule has 116 valence electrons. The lowest BCUT2D eigenvalue weighted by atomic mass is 9.97. The molecule has 8 nitrogen and oxygen atoms in total. The van der Waals surface area contributed by atoms with Crippen LogP contribution in [0.15, 0.2) is 0 Å². The van der Waals surface area contributed by atoms with Crippen molar-refractivity contribution in [2.45, 2.75) is 26.7 Å². The normalized spacial score (nSPS) is 12.2. The fourth-order valence-corrected chi connectivity index (χ4v) is 0.836. The van der Waals surface area contributed by atoms with Crippen LogP contribution in [0.2, 0.25) is 0 Å². The molecular weight excluding hydrogens is 272 g/mol. The predicted molar refractivity (Wildman–Crippen MR) is 66.9 cm³/mol. The molecule has 2 atom stereocenters. The average Bonchev–Trinajstić information content (AvgIpc) is 2.42. The summed E-state index contributed by atoms with van der Waals surface area (Å²) >= 11 is 0. The first-order valence-corrected chi connectivity index (χ1v) is 5.76. The predicted octanol–water partition coefficient (Wildman–Crippen LogP) is 0.540. The highest BCUT2D eigenvalue weighted by molar-refractivity contribution is 5.79. The van der Waals surface area contributed by atoms with Gasteiger partial charge in [-0.15, -0.1) is 0 Å². The van der Waals surface area contributed by atoms with Crippen molar-refractivity contribution in [3.8, 4) is 0 Å². The number of rotatable bonds is 6. The topological polar surface area (TPSA) is 127 Å². The van der Waals surface area contributed by atoms with Gasteiger partial charge in [0.05, 0.1) is 38.9 Å². The Labute approximate surface area is 116 Å². The van der Waals surface area contributed by atoms with Crippen molar-refractivity contribution in [2.24, 2.45) is 11.8 Å². The highest BCUT2D eigenvalue weighted by atomic mass is 16.5. The molecule has 0 saturated heterocycles. The Hall–Kier alpha value is -2.12. The zero-order valence-electron chi connectivity index (χ0n) is 11.9. The van der Waals surface area contributed by atoms with Gasteiger partial charge >= 0.3 is 23.9 Å². The first kappa shape index (κ1) is 20.2. The van der Waals surface area contributed by atoms with Crippen molar-refractivity contribution < 1.29 is 38.9 Å². The molecule has 0 aliphatic rings. The summed E-state index contributed by atoms with van der Waals surface area (Å²) in [6, 6.07) is 0. The molecule has 0 aromatic heterocycles. The minimum absolute atomic E-state index is 0.0865. The van der Waals surface area contributed by atoms with E-state index in [0.717, 1.165) is 0 Å². The molecule has 0 rings (SSSR count). The summed E-state index contributed by atoms with van der Waals surface area (Å²) in [4.78, 5) is 41.2. The zero-order chi connectivity index (χ0) is 16.3. The van der Waals surface area contributed by atoms with Gasteiger partial charge in [0, 0.05) is 0 Å². The Bertz CT molecular complexity index is 315. The maximum atomic E-state index is 10.4. The highest BCUT2D eigenvalue weighted by Crippen LogP contribution is 2.10. The van der Waals surface area contributed by atoms with Gasteiger partial charge in [0.25, 0.3) is 0 Å². The quantitative estimate of drug-likeness (QED) is 0.679. The summed E-state index contributed by atoms with van der Waals surface area (Å²) in [7, 11) is 2.55. The van der Waals surface area contributed by atoms with Crippen LogP contribution >= 0.6 is 0 Å². The Morgan fingerprint density at radius 2 is 1.05 bits per heavy atom. The molecule has 8 heteroatoms. The van der Waals surface area contributed by atoms with Crippen molar-refractivity contribution in [2.75, 3.05) is 14.2 Å². The summed E-state index contributed by atoms with van der Waals surface area (Å²) in [6.45, 7) is 2.75. The fraction of sp³-hybridized carbons (Fsp3) is 0.667. The minimum atomic E-state index is -1.07. The summed E-state index contributed by atoms with van der Waals surface area (Å²) in [5.41, 5.74) is 0. The minimum Gasteiger partial charge on any atom is -0.481 e. The molecule has 0 aliphatic heterocycles. The average molecular weight is 292 g/mol. The number of esters is 2. The molecule has 0 heterocycles. The third-order valence-electron chi connectivity index (χ3n) is 2.52. The van der Waals surface area contributed by atoms with Gasteiger partial charge in [-0.3, -0.25) is 19.2 Å². The van der Waals surface area contributed by atoms with Crippen LogP contribution in [0.5, 0.6) is 0 Å². The molecular formula is C12H20O8. The molecule has 0 spiro atoms. The summed E-state index contributed by atoms with van der Waals surface area (Å²) < 4.78 is 8.60. The molecule has 2 N–H and O–H groups in total. The van der Waals surface area contributed by atoms with Gasteiger partial charge in [-0.05, 0) is 0 Å². The lowest BCUT2D eigenvalue weighted by molar-refractivity contribution is -0.152. The van der Waals surface area contributed by atoms with Crippen molar-refractivity contribution in [1.29, 1.82) is 0 Å². The van der Waals surface area contributed by atoms with Crippen LogP contribution in [0.1, 0.15) is 26.7 Å². The number of carbonyl (C=O) groups is 4. The van der Waals surface area contributed by atoms with Gasteiger partial charge in [-0.2, -0.15) is 0 Å². The molecule has 0 aromatic carbocycles. The van der Waals surface area contributed by atoms with E-state index in [4.69, 9.17) is 10.2 Å². The number of methoxy groups -OCH3 is 2. The smallest absolute Gasteiger partial charge is 0.307 e. The second-order valence-corrected chi connectivity index (χ2v) is 3.91. The van der Waals surface area contributed by atoms with Crippen molar-refractivity contribution in [3.05, 3.63) is 0 Å². The Morgan fingerprint density at radius 1 is 0.800 bits per heavy atom. The molecule has 20 heavy (non-hydrogen) atoms. The monoisotopic (exact) mass is 292 g/mol. The van der Waals surface area contributed by atoms with Crippen LogP contribution in [0.25, 0.3) is 0 Å². The molecule has 0 bridgehead atoms. The lowest BCUT2D eigenvalue weighted by Gasteiger charge is -2.09. The second kappa shape index (κ2) is 10.8. The fourth-order valence-electron chi connectivity index (χ4n) is 0.836. The van der Waals surface area contributed by atoms with Gasteiger partial charge < -0.3 is 19.7 Å². The van der Waals surface area contributed by atoms with Gasteiger partial charge in [-0.1, -0.05) is 13.8 Å². The molecule has 2 unspecified atom stereocenters. The van der Waals surface area contributed by atoms with Gasteiger partial charge in [0.2, 0.25) is 0 Å². The summed E-state index contributed by atoms with van der Waals surface area (Å²) in [6.07, 6.45) is 0.173. The Kier molecular flexibility index (Phi) is 10.9. The van der Waals surface area contributed by atoms with Crippen LogP contribution in [0.4, 0.5) is 0 Å². The van der Waals surface area contributed by atoms with E-state index in [1.165, 1.54) is 28.1 Å². The van der Waals surface area contributed by atoms with Crippen molar-refractivity contribution in [1.82, 2.24) is 0 Å². The molecule has 0 aromatic rings. The standard InChI is InChI=1S/2C6H10O4/c1-9-5(7)3-4-6(8)10-2;1-3(5(7)8)4(2)6(9)10/h3-4H2,1-2H3;3-4H,1-2H3,(H,7,8)(H,9,10). The molecule has 0 saturated carbocycles. The molecule has 0 aliphatic carbocycles. The van der Waals surface area contributed by atoms with Gasteiger partial charge in [-0.25, -0.2) is 0 Å². The van der Waals surface area contributed by atoms with E-state index in [-0.39, 0.29) is 12.8 Å². The Morgan fingerprint density at radius 3 is 1.20 bits per heavy atom. The Balaban J connectivity index is 0. The highest BCUT2D eigenvalue weighted by Gasteiger charge is 2.24. The van der Waals surface area contributed by atoms with Crippen LogP contribution in [0.3, 0.4) is 0 Å². The first-order valence-electron chi connectivity index (χ1n) is 5.76. The van der Waals surface area contributed by atoms with E-state index < -0.39 is 35.7 Å². The van der Waals surface area contributed by atoms with Crippen LogP contribution in [-0.4, -0.2) is 48.3 Å². The van der Waals surface area contributed by atoms with Gasteiger partial charge in [0.15, 0.2) is 0 Å². The van der Waals surface area contributed by atoms with Crippen molar-refractivity contribution >= 4 is 23.9 Å². The van der Waals surface area contributed by atoms with Crippen LogP contribution in [0, 0.1) is 11.8 Å². The SMILES string of the molecule is CC(C(=O)O)C(C)C(=O)O.COC(=O)CCC(=O)OC. The second-order valence-electron chi connectivity index (χ2n) is 3.91. The number of hydrogen-bond donors (Lipinski definition) is 2. The van der Waals surface area contributed by atoms with Crippen molar-refractivity contribution in [3.63, 3.8) is 0 Å². The molecule has 0 fully saturated rings. The number of carbonyl (C=O) groups excluding carboxylic acids is 2. The van der Waals surface area contributed by atoms with E-state index in [2.05, 4.69) is 9.47 Å². The molecule has 0 radical (unpaired) electrons. The van der Waals surface area contributed by atoms with E-state index >= 15 is 0 Å². The van der Waals surface area contributed by atoms with Gasteiger partial charge in [0.1, 0.15) is 0 Å². The maximum Gasteiger partial charge on any atom is 0.307 e. The van der Waals surface area contributed by atoms with E-state index in [1.54, 1.807) is 0 Å². The number of carboxylic acids is 2. The van der Waals surface area contributed by atoms with E-state index in [1.807, 2.05) is 0 Å². The number of hydrogen-bond acceptors (Lipinski definition) is 6. The number of aliphatic carboxylic acids is 2. The zero-order valence-corrected chi connectivity index (χ0v) is 11.9. The van der Waals surface area contributed by atoms with E-state index in [0.29, 0.717) is 0 Å². The summed E-state index contributed by atoms with van der Waals surface area (Å²) in [5.74, 6) is -4.59. The van der Waals surface area contributed by atoms with E-state index in [9.17, 15) is 19.2 Å². The maximum absolute atomic E-state index is 10.4. The summed E-state index contributed by atoms with van der Waals surface area (Å²) in [5, 5.41) is 16.7. The first-order chi connectivity index (χ1) is 9.17. The lowest BCUT2D eigenvalue weighted by Crippen LogP contribution is -2.24. The third kappa shape index (κ3) is 9.86. The number of ether oxygens (including phenoxy) is 2. The third-order valence-corrected chi connectivity index (χ3v) is 2.52. The van der Waals surface area contributed by atoms with Crippen LogP contribution in [-0.2, 0) is 28.7 Å². The largest absolute Gasteiger partial charge is 0.481 e.